The summed E-state index contributed by atoms with van der Waals surface area (Å²) in [6, 6.07) is 3.84. The fourth-order valence-corrected chi connectivity index (χ4v) is 1.74. The molecule has 5 nitrogen and oxygen atoms in total. The highest BCUT2D eigenvalue weighted by Crippen LogP contribution is 2.03. The minimum absolute atomic E-state index is 0.0432. The summed E-state index contributed by atoms with van der Waals surface area (Å²) in [7, 11) is 0. The normalized spacial score (nSPS) is 15.7. The number of pyridine rings is 1. The van der Waals surface area contributed by atoms with Crippen molar-refractivity contribution >= 4 is 6.03 Å². The van der Waals surface area contributed by atoms with E-state index in [1.807, 2.05) is 19.1 Å². The van der Waals surface area contributed by atoms with Crippen LogP contribution in [0.5, 0.6) is 0 Å². The molecule has 2 heterocycles. The summed E-state index contributed by atoms with van der Waals surface area (Å²) >= 11 is 0. The van der Waals surface area contributed by atoms with Gasteiger partial charge in [-0.25, -0.2) is 4.79 Å². The number of hydrogen-bond acceptors (Lipinski definition) is 3. The SMILES string of the molecule is Cc1cccnc1CNC(=O)N1CCOCC1. The Morgan fingerprint density at radius 2 is 2.29 bits per heavy atom. The van der Waals surface area contributed by atoms with Crippen molar-refractivity contribution in [3.63, 3.8) is 0 Å². The molecular formula is C12H17N3O2. The Balaban J connectivity index is 1.85. The number of morpholine rings is 1. The zero-order valence-electron chi connectivity index (χ0n) is 9.98. The number of aryl methyl sites for hydroxylation is 1. The maximum absolute atomic E-state index is 11.8. The van der Waals surface area contributed by atoms with Gasteiger partial charge < -0.3 is 15.0 Å². The van der Waals surface area contributed by atoms with Crippen LogP contribution in [0.25, 0.3) is 0 Å². The summed E-state index contributed by atoms with van der Waals surface area (Å²) in [5.41, 5.74) is 2.00. The van der Waals surface area contributed by atoms with Crippen LogP contribution in [0.2, 0.25) is 0 Å². The van der Waals surface area contributed by atoms with Crippen LogP contribution < -0.4 is 5.32 Å². The summed E-state index contributed by atoms with van der Waals surface area (Å²) in [5, 5.41) is 2.88. The van der Waals surface area contributed by atoms with Crippen molar-refractivity contribution in [3.05, 3.63) is 29.6 Å². The van der Waals surface area contributed by atoms with Crippen LogP contribution in [0, 0.1) is 6.92 Å². The van der Waals surface area contributed by atoms with E-state index in [0.29, 0.717) is 32.8 Å². The first-order chi connectivity index (χ1) is 8.27. The molecule has 1 aliphatic rings. The highest BCUT2D eigenvalue weighted by molar-refractivity contribution is 5.74. The zero-order chi connectivity index (χ0) is 12.1. The minimum atomic E-state index is -0.0432. The average molecular weight is 235 g/mol. The summed E-state index contributed by atoms with van der Waals surface area (Å²) in [5.74, 6) is 0. The Kier molecular flexibility index (Phi) is 3.93. The van der Waals surface area contributed by atoms with Crippen molar-refractivity contribution in [1.29, 1.82) is 0 Å². The molecule has 0 atom stereocenters. The maximum atomic E-state index is 11.8. The maximum Gasteiger partial charge on any atom is 0.317 e. The van der Waals surface area contributed by atoms with Gasteiger partial charge in [0.2, 0.25) is 0 Å². The number of aromatic nitrogens is 1. The minimum Gasteiger partial charge on any atom is -0.378 e. The third kappa shape index (κ3) is 3.17. The van der Waals surface area contributed by atoms with Gasteiger partial charge in [-0.15, -0.1) is 0 Å². The van der Waals surface area contributed by atoms with Crippen LogP contribution in [0.1, 0.15) is 11.3 Å². The van der Waals surface area contributed by atoms with Gasteiger partial charge in [-0.3, -0.25) is 4.98 Å². The Morgan fingerprint density at radius 3 is 3.00 bits per heavy atom. The standard InChI is InChI=1S/C12H17N3O2/c1-10-3-2-4-13-11(10)9-14-12(16)15-5-7-17-8-6-15/h2-4H,5-9H2,1H3,(H,14,16). The van der Waals surface area contributed by atoms with Crippen molar-refractivity contribution in [2.24, 2.45) is 0 Å². The second-order valence-electron chi connectivity index (χ2n) is 4.03. The Morgan fingerprint density at radius 1 is 1.53 bits per heavy atom. The fourth-order valence-electron chi connectivity index (χ4n) is 1.74. The van der Waals surface area contributed by atoms with E-state index in [0.717, 1.165) is 11.3 Å². The van der Waals surface area contributed by atoms with E-state index in [2.05, 4.69) is 10.3 Å². The lowest BCUT2D eigenvalue weighted by molar-refractivity contribution is 0.0531. The summed E-state index contributed by atoms with van der Waals surface area (Å²) in [4.78, 5) is 17.8. The quantitative estimate of drug-likeness (QED) is 0.829. The third-order valence-corrected chi connectivity index (χ3v) is 2.82. The number of amides is 2. The largest absolute Gasteiger partial charge is 0.378 e. The van der Waals surface area contributed by atoms with Gasteiger partial charge >= 0.3 is 6.03 Å². The van der Waals surface area contributed by atoms with E-state index in [9.17, 15) is 4.79 Å². The zero-order valence-corrected chi connectivity index (χ0v) is 9.98. The van der Waals surface area contributed by atoms with Gasteiger partial charge in [0, 0.05) is 19.3 Å². The molecule has 0 bridgehead atoms. The molecule has 0 aliphatic carbocycles. The molecule has 2 amide bonds. The Bertz CT molecular complexity index is 389. The number of carbonyl (C=O) groups excluding carboxylic acids is 1. The van der Waals surface area contributed by atoms with E-state index in [-0.39, 0.29) is 6.03 Å². The summed E-state index contributed by atoms with van der Waals surface area (Å²) in [6.45, 7) is 5.03. The number of hydrogen-bond donors (Lipinski definition) is 1. The van der Waals surface area contributed by atoms with E-state index < -0.39 is 0 Å². The molecule has 0 unspecified atom stereocenters. The molecule has 1 saturated heterocycles. The summed E-state index contributed by atoms with van der Waals surface area (Å²) in [6.07, 6.45) is 1.74. The fraction of sp³-hybridized carbons (Fsp3) is 0.500. The molecule has 17 heavy (non-hydrogen) atoms. The first-order valence-corrected chi connectivity index (χ1v) is 5.78. The molecule has 0 saturated carbocycles. The van der Waals surface area contributed by atoms with Crippen LogP contribution >= 0.6 is 0 Å². The molecule has 1 fully saturated rings. The van der Waals surface area contributed by atoms with Crippen LogP contribution in [0.4, 0.5) is 4.79 Å². The molecule has 0 aromatic carbocycles. The van der Waals surface area contributed by atoms with Crippen molar-refractivity contribution < 1.29 is 9.53 Å². The second-order valence-corrected chi connectivity index (χ2v) is 4.03. The molecule has 5 heteroatoms. The predicted molar refractivity (Wildman–Crippen MR) is 63.6 cm³/mol. The van der Waals surface area contributed by atoms with Gasteiger partial charge in [-0.1, -0.05) is 6.07 Å². The first-order valence-electron chi connectivity index (χ1n) is 5.78. The van der Waals surface area contributed by atoms with Crippen LogP contribution in [0.15, 0.2) is 18.3 Å². The molecule has 92 valence electrons. The Labute approximate surface area is 101 Å². The smallest absolute Gasteiger partial charge is 0.317 e. The number of nitrogens with zero attached hydrogens (tertiary/aromatic N) is 2. The molecule has 1 aromatic heterocycles. The van der Waals surface area contributed by atoms with Crippen molar-refractivity contribution in [1.82, 2.24) is 15.2 Å². The molecular weight excluding hydrogens is 218 g/mol. The van der Waals surface area contributed by atoms with Gasteiger partial charge in [-0.05, 0) is 18.6 Å². The average Bonchev–Trinajstić information content (AvgIpc) is 2.38. The van der Waals surface area contributed by atoms with E-state index in [1.54, 1.807) is 11.1 Å². The monoisotopic (exact) mass is 235 g/mol. The van der Waals surface area contributed by atoms with Gasteiger partial charge in [0.05, 0.1) is 25.5 Å². The van der Waals surface area contributed by atoms with E-state index in [4.69, 9.17) is 4.74 Å². The van der Waals surface area contributed by atoms with Gasteiger partial charge in [-0.2, -0.15) is 0 Å². The third-order valence-electron chi connectivity index (χ3n) is 2.82. The van der Waals surface area contributed by atoms with Crippen molar-refractivity contribution in [2.45, 2.75) is 13.5 Å². The van der Waals surface area contributed by atoms with Crippen LogP contribution in [-0.2, 0) is 11.3 Å². The lowest BCUT2D eigenvalue weighted by Crippen LogP contribution is -2.46. The summed E-state index contributed by atoms with van der Waals surface area (Å²) < 4.78 is 5.20. The van der Waals surface area contributed by atoms with Crippen molar-refractivity contribution in [2.75, 3.05) is 26.3 Å². The van der Waals surface area contributed by atoms with Gasteiger partial charge in [0.1, 0.15) is 0 Å². The topological polar surface area (TPSA) is 54.5 Å². The lowest BCUT2D eigenvalue weighted by Gasteiger charge is -2.26. The predicted octanol–water partition coefficient (Wildman–Crippen LogP) is 0.932. The Hall–Kier alpha value is -1.62. The molecule has 0 spiro atoms. The second kappa shape index (κ2) is 5.63. The highest BCUT2D eigenvalue weighted by Gasteiger charge is 2.16. The molecule has 0 radical (unpaired) electrons. The highest BCUT2D eigenvalue weighted by atomic mass is 16.5. The molecule has 1 aliphatic heterocycles. The van der Waals surface area contributed by atoms with Crippen LogP contribution in [-0.4, -0.2) is 42.2 Å². The lowest BCUT2D eigenvalue weighted by atomic mass is 10.2. The van der Waals surface area contributed by atoms with Gasteiger partial charge in [0.25, 0.3) is 0 Å². The van der Waals surface area contributed by atoms with Gasteiger partial charge in [0.15, 0.2) is 0 Å². The number of rotatable bonds is 2. The van der Waals surface area contributed by atoms with E-state index >= 15 is 0 Å². The van der Waals surface area contributed by atoms with Crippen molar-refractivity contribution in [3.8, 4) is 0 Å². The van der Waals surface area contributed by atoms with E-state index in [1.165, 1.54) is 0 Å². The number of urea groups is 1. The number of carbonyl (C=O) groups is 1. The molecule has 2 rings (SSSR count). The first kappa shape index (κ1) is 11.9. The number of nitrogens with one attached hydrogen (secondary N) is 1. The van der Waals surface area contributed by atoms with Crippen LogP contribution in [0.3, 0.4) is 0 Å². The molecule has 1 aromatic rings. The molecule has 1 N–H and O–H groups in total. The number of ether oxygens (including phenoxy) is 1.